The van der Waals surface area contributed by atoms with E-state index in [1.54, 1.807) is 7.11 Å². The third kappa shape index (κ3) is 3.32. The molecule has 124 valence electrons. The van der Waals surface area contributed by atoms with Crippen molar-refractivity contribution in [2.75, 3.05) is 12.4 Å². The number of aryl methyl sites for hydroxylation is 2. The molecule has 0 atom stereocenters. The van der Waals surface area contributed by atoms with Crippen molar-refractivity contribution in [2.24, 2.45) is 0 Å². The fourth-order valence-corrected chi connectivity index (χ4v) is 2.47. The molecule has 0 aliphatic carbocycles. The lowest BCUT2D eigenvalue weighted by Crippen LogP contribution is -2.15. The van der Waals surface area contributed by atoms with E-state index < -0.39 is 0 Å². The molecule has 1 amide bonds. The number of H-pyrrole nitrogens is 1. The van der Waals surface area contributed by atoms with Crippen LogP contribution in [0.4, 0.5) is 5.69 Å². The summed E-state index contributed by atoms with van der Waals surface area (Å²) < 4.78 is 10.8. The third-order valence-corrected chi connectivity index (χ3v) is 3.68. The molecular formula is C18H19N3O3. The molecule has 6 nitrogen and oxygen atoms in total. The highest BCUT2D eigenvalue weighted by molar-refractivity contribution is 5.96. The first-order valence-corrected chi connectivity index (χ1v) is 7.61. The highest BCUT2D eigenvalue weighted by Crippen LogP contribution is 2.30. The first-order chi connectivity index (χ1) is 11.6. The van der Waals surface area contributed by atoms with Gasteiger partial charge in [0.15, 0.2) is 11.5 Å². The first kappa shape index (κ1) is 15.9. The van der Waals surface area contributed by atoms with Crippen LogP contribution in [0.25, 0.3) is 11.5 Å². The van der Waals surface area contributed by atoms with Crippen LogP contribution in [-0.2, 0) is 11.2 Å². The van der Waals surface area contributed by atoms with E-state index >= 15 is 0 Å². The number of nitrogens with one attached hydrogen (secondary N) is 2. The summed E-state index contributed by atoms with van der Waals surface area (Å²) >= 11 is 0. The van der Waals surface area contributed by atoms with Gasteiger partial charge in [0.1, 0.15) is 11.5 Å². The van der Waals surface area contributed by atoms with E-state index in [1.807, 2.05) is 50.2 Å². The van der Waals surface area contributed by atoms with Gasteiger partial charge in [-0.05, 0) is 43.7 Å². The fraction of sp³-hybridized carbons (Fsp3) is 0.222. The number of nitrogens with zero attached hydrogens (tertiary/aromatic N) is 1. The summed E-state index contributed by atoms with van der Waals surface area (Å²) in [5, 5.41) is 10.0. The molecule has 0 radical (unpaired) electrons. The standard InChI is InChI=1S/C18H19N3O3/c1-11-7-8-15(24-11)18-17(12(2)20-21-18)19-16(22)10-13-5-4-6-14(9-13)23-3/h4-9H,10H2,1-3H3,(H,19,22)(H,20,21). The van der Waals surface area contributed by atoms with E-state index in [0.29, 0.717) is 17.1 Å². The highest BCUT2D eigenvalue weighted by Gasteiger charge is 2.17. The summed E-state index contributed by atoms with van der Waals surface area (Å²) in [4.78, 5) is 12.4. The number of hydrogen-bond donors (Lipinski definition) is 2. The summed E-state index contributed by atoms with van der Waals surface area (Å²) in [5.41, 5.74) is 2.89. The third-order valence-electron chi connectivity index (χ3n) is 3.68. The zero-order valence-corrected chi connectivity index (χ0v) is 13.8. The Hall–Kier alpha value is -3.02. The fourth-order valence-electron chi connectivity index (χ4n) is 2.47. The Kier molecular flexibility index (Phi) is 4.37. The number of aromatic nitrogens is 2. The van der Waals surface area contributed by atoms with Gasteiger partial charge in [-0.25, -0.2) is 0 Å². The van der Waals surface area contributed by atoms with E-state index in [4.69, 9.17) is 9.15 Å². The Morgan fingerprint density at radius 1 is 1.29 bits per heavy atom. The minimum Gasteiger partial charge on any atom is -0.497 e. The number of hydrogen-bond acceptors (Lipinski definition) is 4. The maximum absolute atomic E-state index is 12.4. The largest absolute Gasteiger partial charge is 0.497 e. The van der Waals surface area contributed by atoms with E-state index in [9.17, 15) is 4.79 Å². The van der Waals surface area contributed by atoms with Crippen molar-refractivity contribution < 1.29 is 13.9 Å². The number of benzene rings is 1. The Bertz CT molecular complexity index is 864. The highest BCUT2D eigenvalue weighted by atomic mass is 16.5. The molecule has 3 rings (SSSR count). The lowest BCUT2D eigenvalue weighted by Gasteiger charge is -2.07. The molecule has 0 bridgehead atoms. The molecule has 0 fully saturated rings. The molecule has 2 aromatic heterocycles. The van der Waals surface area contributed by atoms with E-state index in [1.165, 1.54) is 0 Å². The minimum atomic E-state index is -0.128. The summed E-state index contributed by atoms with van der Waals surface area (Å²) in [7, 11) is 1.60. The maximum Gasteiger partial charge on any atom is 0.228 e. The van der Waals surface area contributed by atoms with Gasteiger partial charge in [0.25, 0.3) is 0 Å². The lowest BCUT2D eigenvalue weighted by molar-refractivity contribution is -0.115. The number of amides is 1. The zero-order chi connectivity index (χ0) is 17.1. The summed E-state index contributed by atoms with van der Waals surface area (Å²) in [6, 6.07) is 11.1. The average molecular weight is 325 g/mol. The monoisotopic (exact) mass is 325 g/mol. The van der Waals surface area contributed by atoms with Gasteiger partial charge in [-0.15, -0.1) is 0 Å². The second-order valence-electron chi connectivity index (χ2n) is 5.56. The predicted octanol–water partition coefficient (Wildman–Crippen LogP) is 3.48. The van der Waals surface area contributed by atoms with Gasteiger partial charge in [0.2, 0.25) is 5.91 Å². The molecule has 24 heavy (non-hydrogen) atoms. The van der Waals surface area contributed by atoms with Crippen molar-refractivity contribution >= 4 is 11.6 Å². The number of ether oxygens (including phenoxy) is 1. The average Bonchev–Trinajstić information content (AvgIpc) is 3.14. The van der Waals surface area contributed by atoms with Crippen LogP contribution in [0.15, 0.2) is 40.8 Å². The molecule has 0 aliphatic heterocycles. The minimum absolute atomic E-state index is 0.128. The molecular weight excluding hydrogens is 306 g/mol. The van der Waals surface area contributed by atoms with Gasteiger partial charge in [0.05, 0.1) is 24.9 Å². The Morgan fingerprint density at radius 3 is 2.83 bits per heavy atom. The molecule has 1 aromatic carbocycles. The number of furan rings is 1. The van der Waals surface area contributed by atoms with Crippen LogP contribution in [0.2, 0.25) is 0 Å². The van der Waals surface area contributed by atoms with Gasteiger partial charge >= 0.3 is 0 Å². The molecule has 0 saturated heterocycles. The van der Waals surface area contributed by atoms with Crippen LogP contribution in [0.5, 0.6) is 5.75 Å². The molecule has 0 spiro atoms. The van der Waals surface area contributed by atoms with Crippen LogP contribution in [-0.4, -0.2) is 23.2 Å². The van der Waals surface area contributed by atoms with Gasteiger partial charge in [-0.1, -0.05) is 12.1 Å². The summed E-state index contributed by atoms with van der Waals surface area (Å²) in [6.45, 7) is 3.72. The van der Waals surface area contributed by atoms with Crippen molar-refractivity contribution in [1.29, 1.82) is 0 Å². The molecule has 0 aliphatic rings. The molecule has 2 heterocycles. The quantitative estimate of drug-likeness (QED) is 0.752. The van der Waals surface area contributed by atoms with Crippen molar-refractivity contribution in [3.05, 3.63) is 53.4 Å². The van der Waals surface area contributed by atoms with E-state index in [2.05, 4.69) is 15.5 Å². The van der Waals surface area contributed by atoms with Gasteiger partial charge in [-0.3, -0.25) is 9.89 Å². The van der Waals surface area contributed by atoms with Crippen molar-refractivity contribution in [3.63, 3.8) is 0 Å². The van der Waals surface area contributed by atoms with Crippen LogP contribution in [0.1, 0.15) is 17.0 Å². The van der Waals surface area contributed by atoms with Crippen molar-refractivity contribution in [2.45, 2.75) is 20.3 Å². The Balaban J connectivity index is 1.78. The Labute approximate surface area is 139 Å². The van der Waals surface area contributed by atoms with Crippen LogP contribution < -0.4 is 10.1 Å². The Morgan fingerprint density at radius 2 is 2.12 bits per heavy atom. The van der Waals surface area contributed by atoms with Gasteiger partial charge in [-0.2, -0.15) is 5.10 Å². The molecule has 0 unspecified atom stereocenters. The van der Waals surface area contributed by atoms with Crippen molar-refractivity contribution in [3.8, 4) is 17.2 Å². The van der Waals surface area contributed by atoms with E-state index in [0.717, 1.165) is 22.8 Å². The maximum atomic E-state index is 12.4. The SMILES string of the molecule is COc1cccc(CC(=O)Nc2c(-c3ccc(C)o3)n[nH]c2C)c1. The van der Waals surface area contributed by atoms with Crippen molar-refractivity contribution in [1.82, 2.24) is 10.2 Å². The topological polar surface area (TPSA) is 80.2 Å². The zero-order valence-electron chi connectivity index (χ0n) is 13.8. The van der Waals surface area contributed by atoms with E-state index in [-0.39, 0.29) is 12.3 Å². The van der Waals surface area contributed by atoms with Gasteiger partial charge < -0.3 is 14.5 Å². The van der Waals surface area contributed by atoms with Gasteiger partial charge in [0, 0.05) is 0 Å². The van der Waals surface area contributed by atoms with Crippen LogP contribution >= 0.6 is 0 Å². The second-order valence-corrected chi connectivity index (χ2v) is 5.56. The first-order valence-electron chi connectivity index (χ1n) is 7.61. The molecule has 3 aromatic rings. The normalized spacial score (nSPS) is 10.6. The smallest absolute Gasteiger partial charge is 0.228 e. The van der Waals surface area contributed by atoms with Crippen LogP contribution in [0.3, 0.4) is 0 Å². The number of carbonyl (C=O) groups excluding carboxylic acids is 1. The second kappa shape index (κ2) is 6.62. The molecule has 0 saturated carbocycles. The lowest BCUT2D eigenvalue weighted by atomic mass is 10.1. The number of aromatic amines is 1. The summed E-state index contributed by atoms with van der Waals surface area (Å²) in [6.07, 6.45) is 0.248. The predicted molar refractivity (Wildman–Crippen MR) is 91.1 cm³/mol. The number of anilines is 1. The molecule has 2 N–H and O–H groups in total. The van der Waals surface area contributed by atoms with Crippen LogP contribution in [0, 0.1) is 13.8 Å². The number of carbonyl (C=O) groups is 1. The number of methoxy groups -OCH3 is 1. The summed E-state index contributed by atoms with van der Waals surface area (Å²) in [5.74, 6) is 2.01. The number of rotatable bonds is 5. The molecule has 6 heteroatoms.